The molecule has 1 aliphatic rings. The van der Waals surface area contributed by atoms with Crippen LogP contribution in [0.25, 0.3) is 10.9 Å². The second kappa shape index (κ2) is 9.25. The van der Waals surface area contributed by atoms with Crippen LogP contribution in [-0.4, -0.2) is 65.6 Å². The summed E-state index contributed by atoms with van der Waals surface area (Å²) in [6.07, 6.45) is 4.54. The molecule has 1 aromatic heterocycles. The van der Waals surface area contributed by atoms with E-state index in [0.717, 1.165) is 16.7 Å². The third kappa shape index (κ3) is 5.03. The average molecular weight is 391 g/mol. The minimum Gasteiger partial charge on any atom is -0.378 e. The number of aromatic nitrogens is 1. The molecule has 2 aromatic rings. The molecule has 1 aromatic carbocycles. The van der Waals surface area contributed by atoms with Gasteiger partial charge in [0.2, 0.25) is 11.8 Å². The molecular formula is C19H26N4O3S. The van der Waals surface area contributed by atoms with E-state index in [9.17, 15) is 9.59 Å². The van der Waals surface area contributed by atoms with Crippen molar-refractivity contribution in [1.82, 2.24) is 9.47 Å². The molecule has 0 aliphatic carbocycles. The summed E-state index contributed by atoms with van der Waals surface area (Å²) in [6.45, 7) is 2.78. The number of hydrogen-bond acceptors (Lipinski definition) is 5. The Morgan fingerprint density at radius 2 is 2.07 bits per heavy atom. The number of thioether (sulfide) groups is 1. The van der Waals surface area contributed by atoms with Gasteiger partial charge in [-0.2, -0.15) is 11.8 Å². The van der Waals surface area contributed by atoms with E-state index in [1.165, 1.54) is 0 Å². The first-order valence-electron chi connectivity index (χ1n) is 9.08. The van der Waals surface area contributed by atoms with E-state index >= 15 is 0 Å². The maximum absolute atomic E-state index is 12.5. The van der Waals surface area contributed by atoms with Gasteiger partial charge >= 0.3 is 0 Å². The molecule has 0 radical (unpaired) electrons. The summed E-state index contributed by atoms with van der Waals surface area (Å²) in [4.78, 5) is 26.5. The zero-order valence-corrected chi connectivity index (χ0v) is 16.3. The van der Waals surface area contributed by atoms with Crippen LogP contribution >= 0.6 is 11.8 Å². The number of hydrogen-bond donors (Lipinski definition) is 2. The lowest BCUT2D eigenvalue weighted by atomic mass is 10.2. The molecule has 27 heavy (non-hydrogen) atoms. The molecule has 1 atom stereocenters. The van der Waals surface area contributed by atoms with Gasteiger partial charge < -0.3 is 25.3 Å². The predicted octanol–water partition coefficient (Wildman–Crippen LogP) is 1.52. The molecule has 0 saturated carbocycles. The van der Waals surface area contributed by atoms with Crippen LogP contribution in [0.15, 0.2) is 30.5 Å². The van der Waals surface area contributed by atoms with Crippen LogP contribution in [0.3, 0.4) is 0 Å². The maximum Gasteiger partial charge on any atom is 0.242 e. The summed E-state index contributed by atoms with van der Waals surface area (Å²) < 4.78 is 7.23. The summed E-state index contributed by atoms with van der Waals surface area (Å²) in [7, 11) is 0. The number of nitrogens with one attached hydrogen (secondary N) is 1. The van der Waals surface area contributed by atoms with Crippen molar-refractivity contribution in [2.45, 2.75) is 19.0 Å². The quantitative estimate of drug-likeness (QED) is 0.748. The Morgan fingerprint density at radius 1 is 1.30 bits per heavy atom. The third-order valence-corrected chi connectivity index (χ3v) is 5.32. The number of amides is 2. The number of anilines is 1. The first-order valence-corrected chi connectivity index (χ1v) is 10.5. The van der Waals surface area contributed by atoms with E-state index in [-0.39, 0.29) is 11.8 Å². The molecule has 8 heteroatoms. The van der Waals surface area contributed by atoms with Crippen molar-refractivity contribution in [3.63, 3.8) is 0 Å². The van der Waals surface area contributed by atoms with Crippen LogP contribution in [0.2, 0.25) is 0 Å². The lowest BCUT2D eigenvalue weighted by molar-refractivity contribution is -0.135. The van der Waals surface area contributed by atoms with Gasteiger partial charge in [-0.15, -0.1) is 0 Å². The number of benzene rings is 1. The van der Waals surface area contributed by atoms with E-state index in [1.54, 1.807) is 11.8 Å². The predicted molar refractivity (Wildman–Crippen MR) is 109 cm³/mol. The fraction of sp³-hybridized carbons (Fsp3) is 0.474. The van der Waals surface area contributed by atoms with E-state index < -0.39 is 6.04 Å². The van der Waals surface area contributed by atoms with E-state index in [2.05, 4.69) is 5.32 Å². The van der Waals surface area contributed by atoms with Crippen molar-refractivity contribution in [1.29, 1.82) is 0 Å². The monoisotopic (exact) mass is 390 g/mol. The fourth-order valence-corrected chi connectivity index (χ4v) is 3.57. The number of morpholine rings is 1. The number of rotatable bonds is 7. The topological polar surface area (TPSA) is 89.6 Å². The van der Waals surface area contributed by atoms with Gasteiger partial charge in [0.05, 0.1) is 19.3 Å². The number of fused-ring (bicyclic) bond motifs is 1. The van der Waals surface area contributed by atoms with Gasteiger partial charge in [-0.25, -0.2) is 0 Å². The fourth-order valence-electron chi connectivity index (χ4n) is 3.09. The first-order chi connectivity index (χ1) is 13.1. The lowest BCUT2D eigenvalue weighted by Crippen LogP contribution is -2.42. The molecule has 2 heterocycles. The summed E-state index contributed by atoms with van der Waals surface area (Å²) in [6, 6.07) is 7.11. The van der Waals surface area contributed by atoms with Crippen molar-refractivity contribution in [3.05, 3.63) is 30.5 Å². The Bertz CT molecular complexity index is 801. The summed E-state index contributed by atoms with van der Waals surface area (Å²) in [5.74, 6) is 0.770. The smallest absolute Gasteiger partial charge is 0.242 e. The van der Waals surface area contributed by atoms with Crippen molar-refractivity contribution < 1.29 is 14.3 Å². The first kappa shape index (κ1) is 19.7. The number of nitrogens with two attached hydrogens (primary N) is 1. The second-order valence-corrected chi connectivity index (χ2v) is 7.57. The van der Waals surface area contributed by atoms with Gasteiger partial charge in [0.25, 0.3) is 0 Å². The molecule has 0 unspecified atom stereocenters. The van der Waals surface area contributed by atoms with Crippen LogP contribution < -0.4 is 11.1 Å². The van der Waals surface area contributed by atoms with Gasteiger partial charge in [0.1, 0.15) is 6.54 Å². The van der Waals surface area contributed by atoms with E-state index in [1.807, 2.05) is 46.2 Å². The Kier molecular flexibility index (Phi) is 6.76. The van der Waals surface area contributed by atoms with Crippen molar-refractivity contribution in [3.8, 4) is 0 Å². The average Bonchev–Trinajstić information content (AvgIpc) is 3.08. The van der Waals surface area contributed by atoms with Crippen LogP contribution in [0.4, 0.5) is 5.69 Å². The standard InChI is InChI=1S/C19H26N4O3S/c1-27-11-5-16(20)19(25)21-15-2-3-17-14(12-15)4-6-23(17)13-18(24)22-7-9-26-10-8-22/h2-4,6,12,16H,5,7-11,13,20H2,1H3,(H,21,25)/t16-/m0/s1. The normalized spacial score (nSPS) is 15.7. The Hall–Kier alpha value is -2.03. The number of carbonyl (C=O) groups excluding carboxylic acids is 2. The Morgan fingerprint density at radius 3 is 2.81 bits per heavy atom. The highest BCUT2D eigenvalue weighted by Gasteiger charge is 2.18. The van der Waals surface area contributed by atoms with Gasteiger partial charge in [-0.05, 0) is 42.7 Å². The molecular weight excluding hydrogens is 364 g/mol. The number of ether oxygens (including phenoxy) is 1. The van der Waals surface area contributed by atoms with Gasteiger partial charge in [0, 0.05) is 35.9 Å². The highest BCUT2D eigenvalue weighted by atomic mass is 32.2. The largest absolute Gasteiger partial charge is 0.378 e. The van der Waals surface area contributed by atoms with Crippen molar-refractivity contribution in [2.24, 2.45) is 5.73 Å². The Labute approximate surface area is 163 Å². The molecule has 3 N–H and O–H groups in total. The zero-order chi connectivity index (χ0) is 19.2. The number of nitrogens with zero attached hydrogens (tertiary/aromatic N) is 2. The van der Waals surface area contributed by atoms with Crippen LogP contribution in [0.5, 0.6) is 0 Å². The minimum atomic E-state index is -0.510. The Balaban J connectivity index is 1.65. The minimum absolute atomic E-state index is 0.0907. The molecule has 0 bridgehead atoms. The molecule has 1 aliphatic heterocycles. The molecule has 146 valence electrons. The molecule has 1 saturated heterocycles. The molecule has 1 fully saturated rings. The highest BCUT2D eigenvalue weighted by molar-refractivity contribution is 7.98. The van der Waals surface area contributed by atoms with Gasteiger partial charge in [-0.1, -0.05) is 0 Å². The molecule has 7 nitrogen and oxygen atoms in total. The zero-order valence-electron chi connectivity index (χ0n) is 15.5. The molecule has 2 amide bonds. The van der Waals surface area contributed by atoms with Crippen LogP contribution in [0.1, 0.15) is 6.42 Å². The van der Waals surface area contributed by atoms with E-state index in [4.69, 9.17) is 10.5 Å². The molecule has 0 spiro atoms. The number of carbonyl (C=O) groups is 2. The SMILES string of the molecule is CSCC[C@H](N)C(=O)Nc1ccc2c(ccn2CC(=O)N2CCOCC2)c1. The van der Waals surface area contributed by atoms with Crippen molar-refractivity contribution in [2.75, 3.05) is 43.6 Å². The van der Waals surface area contributed by atoms with Crippen LogP contribution in [-0.2, 0) is 20.9 Å². The maximum atomic E-state index is 12.5. The highest BCUT2D eigenvalue weighted by Crippen LogP contribution is 2.21. The molecule has 3 rings (SSSR count). The lowest BCUT2D eigenvalue weighted by Gasteiger charge is -2.27. The summed E-state index contributed by atoms with van der Waals surface area (Å²) in [5, 5.41) is 3.85. The third-order valence-electron chi connectivity index (χ3n) is 4.68. The van der Waals surface area contributed by atoms with Crippen LogP contribution in [0, 0.1) is 0 Å². The summed E-state index contributed by atoms with van der Waals surface area (Å²) in [5.41, 5.74) is 7.58. The van der Waals surface area contributed by atoms with Gasteiger partial charge in [-0.3, -0.25) is 9.59 Å². The second-order valence-electron chi connectivity index (χ2n) is 6.59. The van der Waals surface area contributed by atoms with Gasteiger partial charge in [0.15, 0.2) is 0 Å². The van der Waals surface area contributed by atoms with Crippen molar-refractivity contribution >= 4 is 40.2 Å². The summed E-state index contributed by atoms with van der Waals surface area (Å²) >= 11 is 1.67. The van der Waals surface area contributed by atoms with E-state index in [0.29, 0.717) is 45.0 Å².